The molecule has 0 amide bonds. The zero-order chi connectivity index (χ0) is 19.9. The van der Waals surface area contributed by atoms with Gasteiger partial charge in [-0.2, -0.15) is 0 Å². The van der Waals surface area contributed by atoms with Crippen molar-refractivity contribution in [2.75, 3.05) is 0 Å². The minimum Gasteiger partial charge on any atom is -0.494 e. The molecule has 27 heavy (non-hydrogen) atoms. The van der Waals surface area contributed by atoms with E-state index in [0.29, 0.717) is 0 Å². The molecule has 1 aliphatic rings. The summed E-state index contributed by atoms with van der Waals surface area (Å²) in [6.07, 6.45) is 2.53. The van der Waals surface area contributed by atoms with Gasteiger partial charge in [-0.05, 0) is 30.4 Å². The van der Waals surface area contributed by atoms with Gasteiger partial charge in [-0.15, -0.1) is 6.58 Å². The van der Waals surface area contributed by atoms with Gasteiger partial charge in [0.05, 0.1) is 16.2 Å². The Labute approximate surface area is 167 Å². The monoisotopic (exact) mass is 423 g/mol. The van der Waals surface area contributed by atoms with Gasteiger partial charge >= 0.3 is 0 Å². The number of benzene rings is 1. The molecule has 0 atom stereocenters. The highest BCUT2D eigenvalue weighted by molar-refractivity contribution is 7.71. The number of aromatic hydroxyl groups is 1. The summed E-state index contributed by atoms with van der Waals surface area (Å²) < 4.78 is 6.53. The molecule has 0 aliphatic carbocycles. The van der Waals surface area contributed by atoms with Crippen LogP contribution < -0.4 is 10.3 Å². The molecule has 0 unspecified atom stereocenters. The summed E-state index contributed by atoms with van der Waals surface area (Å²) in [5.74, 6) is -1.60. The fourth-order valence-electron chi connectivity index (χ4n) is 2.52. The number of aromatic nitrogens is 2. The van der Waals surface area contributed by atoms with E-state index >= 15 is 0 Å². The second-order valence-corrected chi connectivity index (χ2v) is 6.71. The van der Waals surface area contributed by atoms with Crippen LogP contribution in [0, 0.1) is 10.2 Å². The number of Topliss-reactive ketones (excluding diaryl/α,β-unsaturated/α-hetero) is 1. The van der Waals surface area contributed by atoms with Crippen LogP contribution in [-0.2, 0) is 6.54 Å². The molecule has 2 aromatic rings. The second-order valence-electron chi connectivity index (χ2n) is 5.48. The number of halogens is 2. The first-order valence-electron chi connectivity index (χ1n) is 7.43. The van der Waals surface area contributed by atoms with Crippen LogP contribution in [0.15, 0.2) is 35.2 Å². The molecule has 0 saturated carbocycles. The van der Waals surface area contributed by atoms with E-state index in [4.69, 9.17) is 45.6 Å². The van der Waals surface area contributed by atoms with Gasteiger partial charge in [-0.3, -0.25) is 24.5 Å². The van der Waals surface area contributed by atoms with Crippen molar-refractivity contribution >= 4 is 53.2 Å². The average Bonchev–Trinajstić information content (AvgIpc) is 2.59. The number of carbonyl (C=O) groups is 1. The van der Waals surface area contributed by atoms with Crippen molar-refractivity contribution in [2.45, 2.75) is 6.54 Å². The van der Waals surface area contributed by atoms with E-state index in [0.717, 1.165) is 6.08 Å². The minimum absolute atomic E-state index is 0.00831. The van der Waals surface area contributed by atoms with Crippen LogP contribution in [0.2, 0.25) is 10.0 Å². The van der Waals surface area contributed by atoms with Crippen molar-refractivity contribution in [3.8, 4) is 11.6 Å². The van der Waals surface area contributed by atoms with Gasteiger partial charge in [0.25, 0.3) is 5.56 Å². The largest absolute Gasteiger partial charge is 0.494 e. The van der Waals surface area contributed by atoms with Crippen LogP contribution in [0.1, 0.15) is 15.9 Å². The number of hydrogen-bond donors (Lipinski definition) is 3. The third kappa shape index (κ3) is 3.34. The van der Waals surface area contributed by atoms with E-state index in [1.807, 2.05) is 0 Å². The van der Waals surface area contributed by atoms with Gasteiger partial charge in [-0.1, -0.05) is 29.3 Å². The normalized spacial score (nSPS) is 14.8. The van der Waals surface area contributed by atoms with Crippen molar-refractivity contribution in [1.29, 1.82) is 5.41 Å². The van der Waals surface area contributed by atoms with Crippen molar-refractivity contribution in [1.82, 2.24) is 9.55 Å². The Morgan fingerprint density at radius 3 is 2.74 bits per heavy atom. The van der Waals surface area contributed by atoms with Crippen LogP contribution >= 0.6 is 35.4 Å². The Bertz CT molecular complexity index is 1160. The summed E-state index contributed by atoms with van der Waals surface area (Å²) in [6.45, 7) is 3.69. The number of ether oxygens (including phenoxy) is 1. The van der Waals surface area contributed by atoms with Gasteiger partial charge in [-0.25, -0.2) is 0 Å². The Morgan fingerprint density at radius 2 is 2.07 bits per heavy atom. The van der Waals surface area contributed by atoms with E-state index in [1.165, 1.54) is 22.8 Å². The highest BCUT2D eigenvalue weighted by Crippen LogP contribution is 2.37. The Kier molecular flexibility index (Phi) is 5.05. The number of aromatic amines is 1. The lowest BCUT2D eigenvalue weighted by molar-refractivity contribution is 0.103. The average molecular weight is 424 g/mol. The maximum Gasteiger partial charge on any atom is 0.262 e. The summed E-state index contributed by atoms with van der Waals surface area (Å²) in [4.78, 5) is 27.4. The van der Waals surface area contributed by atoms with Crippen LogP contribution in [-0.4, -0.2) is 26.3 Å². The standard InChI is InChI=1S/C17H11Cl2N3O4S/c1-2-3-22-16(25)10(15(24)21-17(22)27)6-9-12(23)8-4-7(18)5-11(19)13(8)26-14(9)20/h2,4-6,20,25H,1,3H2,(H,21,24,27). The van der Waals surface area contributed by atoms with Gasteiger partial charge in [0.2, 0.25) is 17.6 Å². The molecule has 3 rings (SSSR count). The number of carbonyl (C=O) groups excluding carboxylic acids is 1. The number of H-pyrrole nitrogens is 1. The highest BCUT2D eigenvalue weighted by atomic mass is 35.5. The fourth-order valence-corrected chi connectivity index (χ4v) is 3.30. The zero-order valence-corrected chi connectivity index (χ0v) is 15.8. The molecule has 0 radical (unpaired) electrons. The number of rotatable bonds is 3. The molecule has 2 heterocycles. The van der Waals surface area contributed by atoms with E-state index in [1.54, 1.807) is 0 Å². The Balaban J connectivity index is 2.21. The quantitative estimate of drug-likeness (QED) is 0.395. The van der Waals surface area contributed by atoms with Gasteiger partial charge in [0.15, 0.2) is 10.5 Å². The number of nitrogens with zero attached hydrogens (tertiary/aromatic N) is 1. The molecule has 0 spiro atoms. The maximum absolute atomic E-state index is 12.8. The van der Waals surface area contributed by atoms with Crippen LogP contribution in [0.3, 0.4) is 0 Å². The van der Waals surface area contributed by atoms with E-state index in [2.05, 4.69) is 11.6 Å². The van der Waals surface area contributed by atoms with Gasteiger partial charge in [0.1, 0.15) is 5.56 Å². The summed E-state index contributed by atoms with van der Waals surface area (Å²) in [6, 6.07) is 2.73. The molecule has 0 saturated heterocycles. The number of hydrogen-bond acceptors (Lipinski definition) is 6. The summed E-state index contributed by atoms with van der Waals surface area (Å²) >= 11 is 16.9. The first-order valence-corrected chi connectivity index (χ1v) is 8.60. The van der Waals surface area contributed by atoms with Gasteiger partial charge < -0.3 is 9.84 Å². The van der Waals surface area contributed by atoms with Gasteiger partial charge in [0, 0.05) is 11.6 Å². The fraction of sp³-hybridized carbons (Fsp3) is 0.0588. The first kappa shape index (κ1) is 19.1. The summed E-state index contributed by atoms with van der Waals surface area (Å²) in [7, 11) is 0. The molecule has 0 bridgehead atoms. The predicted molar refractivity (Wildman–Crippen MR) is 105 cm³/mol. The molecular weight excluding hydrogens is 413 g/mol. The Morgan fingerprint density at radius 1 is 1.37 bits per heavy atom. The number of nitrogens with one attached hydrogen (secondary N) is 2. The topological polar surface area (TPSA) is 108 Å². The molecule has 138 valence electrons. The van der Waals surface area contributed by atoms with Crippen LogP contribution in [0.25, 0.3) is 6.08 Å². The smallest absolute Gasteiger partial charge is 0.262 e. The SMILES string of the molecule is C=CCn1c(O)c(C=C2C(=N)Oc3c(Cl)cc(Cl)cc3C2=O)c(=O)[nH]c1=S. The lowest BCUT2D eigenvalue weighted by Gasteiger charge is -2.20. The number of fused-ring (bicyclic) bond motifs is 1. The lowest BCUT2D eigenvalue weighted by Crippen LogP contribution is -2.26. The zero-order valence-electron chi connectivity index (χ0n) is 13.5. The molecule has 1 aromatic carbocycles. The second kappa shape index (κ2) is 7.15. The molecular formula is C17H11Cl2N3O4S. The molecule has 3 N–H and O–H groups in total. The third-order valence-electron chi connectivity index (χ3n) is 3.75. The number of allylic oxidation sites excluding steroid dienone is 1. The third-order valence-corrected chi connectivity index (χ3v) is 4.57. The minimum atomic E-state index is -0.721. The summed E-state index contributed by atoms with van der Waals surface area (Å²) in [5.41, 5.74) is -1.17. The van der Waals surface area contributed by atoms with E-state index in [9.17, 15) is 14.7 Å². The Hall–Kier alpha value is -2.68. The van der Waals surface area contributed by atoms with Crippen molar-refractivity contribution in [3.05, 3.63) is 66.7 Å². The van der Waals surface area contributed by atoms with E-state index < -0.39 is 23.1 Å². The number of ketones is 1. The van der Waals surface area contributed by atoms with Crippen molar-refractivity contribution < 1.29 is 14.6 Å². The highest BCUT2D eigenvalue weighted by Gasteiger charge is 2.31. The molecule has 1 aromatic heterocycles. The molecule has 7 nitrogen and oxygen atoms in total. The lowest BCUT2D eigenvalue weighted by atomic mass is 9.98. The molecule has 0 fully saturated rings. The summed E-state index contributed by atoms with van der Waals surface area (Å²) in [5, 5.41) is 18.7. The van der Waals surface area contributed by atoms with Crippen molar-refractivity contribution in [2.24, 2.45) is 0 Å². The molecule has 1 aliphatic heterocycles. The predicted octanol–water partition coefficient (Wildman–Crippen LogP) is 3.74. The first-order chi connectivity index (χ1) is 12.7. The maximum atomic E-state index is 12.8. The van der Waals surface area contributed by atoms with Crippen LogP contribution in [0.5, 0.6) is 11.6 Å². The van der Waals surface area contributed by atoms with Crippen LogP contribution in [0.4, 0.5) is 0 Å². The van der Waals surface area contributed by atoms with E-state index in [-0.39, 0.29) is 43.8 Å². The molecule has 10 heteroatoms. The van der Waals surface area contributed by atoms with Crippen molar-refractivity contribution in [3.63, 3.8) is 0 Å².